The van der Waals surface area contributed by atoms with E-state index in [0.717, 1.165) is 11.3 Å². The Labute approximate surface area is 154 Å². The number of hydrogen-bond acceptors (Lipinski definition) is 4. The van der Waals surface area contributed by atoms with Crippen LogP contribution < -0.4 is 25.6 Å². The number of quaternary nitrogens is 1. The number of nitrogens with one attached hydrogen (secondary N) is 4. The highest BCUT2D eigenvalue weighted by molar-refractivity contribution is 5.91. The van der Waals surface area contributed by atoms with E-state index in [1.165, 1.54) is 0 Å². The lowest BCUT2D eigenvalue weighted by Gasteiger charge is -2.17. The highest BCUT2D eigenvalue weighted by Crippen LogP contribution is 2.14. The lowest BCUT2D eigenvalue weighted by molar-refractivity contribution is -0.862. The number of carbonyl (C=O) groups excluding carboxylic acids is 3. The standard InChI is InChI=1S/C18H28N4O4/c1-5-10-19-18(25)13(2)20-16(23)11-22(3)12-17(24)21-14-6-8-15(26-4)9-7-14/h6-9,13H,5,10-12H2,1-4H3,(H,19,25)(H,20,23)(H,21,24)/p+1/t13-/m1/s1. The SMILES string of the molecule is CCCNC(=O)[C@@H](C)NC(=O)C[NH+](C)CC(=O)Nc1ccc(OC)cc1. The molecule has 144 valence electrons. The van der Waals surface area contributed by atoms with Gasteiger partial charge >= 0.3 is 0 Å². The van der Waals surface area contributed by atoms with Gasteiger partial charge in [0, 0.05) is 12.2 Å². The van der Waals surface area contributed by atoms with Crippen molar-refractivity contribution in [2.45, 2.75) is 26.3 Å². The molecule has 1 unspecified atom stereocenters. The molecule has 0 radical (unpaired) electrons. The lowest BCUT2D eigenvalue weighted by atomic mass is 10.3. The second kappa shape index (κ2) is 11.1. The predicted molar refractivity (Wildman–Crippen MR) is 99.1 cm³/mol. The van der Waals surface area contributed by atoms with Crippen molar-refractivity contribution in [3.05, 3.63) is 24.3 Å². The highest BCUT2D eigenvalue weighted by atomic mass is 16.5. The Morgan fingerprint density at radius 3 is 2.31 bits per heavy atom. The van der Waals surface area contributed by atoms with Crippen LogP contribution in [0.3, 0.4) is 0 Å². The summed E-state index contributed by atoms with van der Waals surface area (Å²) >= 11 is 0. The van der Waals surface area contributed by atoms with Crippen molar-refractivity contribution in [1.29, 1.82) is 0 Å². The summed E-state index contributed by atoms with van der Waals surface area (Å²) in [7, 11) is 3.32. The van der Waals surface area contributed by atoms with Crippen LogP contribution in [-0.2, 0) is 14.4 Å². The van der Waals surface area contributed by atoms with Gasteiger partial charge in [0.15, 0.2) is 13.1 Å². The maximum absolute atomic E-state index is 12.0. The number of carbonyl (C=O) groups is 3. The van der Waals surface area contributed by atoms with Crippen molar-refractivity contribution in [3.63, 3.8) is 0 Å². The van der Waals surface area contributed by atoms with Crippen LogP contribution in [0.1, 0.15) is 20.3 Å². The molecule has 0 aromatic heterocycles. The molecule has 0 heterocycles. The van der Waals surface area contributed by atoms with Crippen LogP contribution in [0.5, 0.6) is 5.75 Å². The Kier molecular flexibility index (Phi) is 9.14. The van der Waals surface area contributed by atoms with Gasteiger partial charge in [0.1, 0.15) is 11.8 Å². The van der Waals surface area contributed by atoms with Gasteiger partial charge in [0.05, 0.1) is 14.2 Å². The van der Waals surface area contributed by atoms with Gasteiger partial charge in [-0.2, -0.15) is 0 Å². The van der Waals surface area contributed by atoms with Crippen molar-refractivity contribution >= 4 is 23.4 Å². The number of rotatable bonds is 10. The first-order valence-electron chi connectivity index (χ1n) is 8.68. The Bertz CT molecular complexity index is 604. The fourth-order valence-corrected chi connectivity index (χ4v) is 2.25. The third kappa shape index (κ3) is 7.98. The number of methoxy groups -OCH3 is 1. The Morgan fingerprint density at radius 1 is 1.12 bits per heavy atom. The second-order valence-electron chi connectivity index (χ2n) is 6.17. The van der Waals surface area contributed by atoms with Crippen LogP contribution in [0, 0.1) is 0 Å². The third-order valence-corrected chi connectivity index (χ3v) is 3.62. The molecule has 0 aliphatic rings. The zero-order chi connectivity index (χ0) is 19.5. The van der Waals surface area contributed by atoms with Gasteiger partial charge in [-0.25, -0.2) is 0 Å². The molecule has 8 nitrogen and oxygen atoms in total. The lowest BCUT2D eigenvalue weighted by Crippen LogP contribution is -3.11. The van der Waals surface area contributed by atoms with E-state index in [2.05, 4.69) is 16.0 Å². The topological polar surface area (TPSA) is 101 Å². The van der Waals surface area contributed by atoms with Crippen molar-refractivity contribution in [1.82, 2.24) is 10.6 Å². The molecule has 0 fully saturated rings. The van der Waals surface area contributed by atoms with Gasteiger partial charge in [-0.3, -0.25) is 14.4 Å². The summed E-state index contributed by atoms with van der Waals surface area (Å²) in [5.41, 5.74) is 0.661. The summed E-state index contributed by atoms with van der Waals surface area (Å²) in [5, 5.41) is 8.13. The molecule has 0 spiro atoms. The number of ether oxygens (including phenoxy) is 1. The van der Waals surface area contributed by atoms with E-state index in [1.54, 1.807) is 45.3 Å². The minimum Gasteiger partial charge on any atom is -0.497 e. The predicted octanol–water partition coefficient (Wildman–Crippen LogP) is -0.821. The Morgan fingerprint density at radius 2 is 1.73 bits per heavy atom. The Hall–Kier alpha value is -2.61. The first-order chi connectivity index (χ1) is 12.3. The van der Waals surface area contributed by atoms with E-state index in [1.807, 2.05) is 6.92 Å². The Balaban J connectivity index is 2.37. The highest BCUT2D eigenvalue weighted by Gasteiger charge is 2.19. The number of likely N-dealkylation sites (N-methyl/N-ethyl adjacent to an activating group) is 1. The largest absolute Gasteiger partial charge is 0.497 e. The molecule has 0 saturated carbocycles. The number of anilines is 1. The minimum absolute atomic E-state index is 0.0986. The zero-order valence-corrected chi connectivity index (χ0v) is 15.8. The molecule has 1 aromatic rings. The van der Waals surface area contributed by atoms with Crippen LogP contribution in [0.4, 0.5) is 5.69 Å². The minimum atomic E-state index is -0.602. The van der Waals surface area contributed by atoms with Gasteiger partial charge in [-0.05, 0) is 37.6 Å². The van der Waals surface area contributed by atoms with Gasteiger partial charge in [-0.15, -0.1) is 0 Å². The van der Waals surface area contributed by atoms with Crippen molar-refractivity contribution in [3.8, 4) is 5.75 Å². The first kappa shape index (κ1) is 21.4. The van der Waals surface area contributed by atoms with Crippen LogP contribution in [-0.4, -0.2) is 57.6 Å². The molecule has 4 N–H and O–H groups in total. The smallest absolute Gasteiger partial charge is 0.279 e. The van der Waals surface area contributed by atoms with Crippen molar-refractivity contribution in [2.24, 2.45) is 0 Å². The van der Waals surface area contributed by atoms with Crippen LogP contribution in [0.15, 0.2) is 24.3 Å². The van der Waals surface area contributed by atoms with E-state index in [4.69, 9.17) is 4.74 Å². The normalized spacial score (nSPS) is 12.6. The number of amides is 3. The number of benzene rings is 1. The van der Waals surface area contributed by atoms with E-state index in [9.17, 15) is 14.4 Å². The average Bonchev–Trinajstić information content (AvgIpc) is 2.59. The molecule has 0 saturated heterocycles. The zero-order valence-electron chi connectivity index (χ0n) is 15.8. The molecular formula is C18H29N4O4+. The number of hydrogen-bond donors (Lipinski definition) is 4. The third-order valence-electron chi connectivity index (χ3n) is 3.62. The molecule has 2 atom stereocenters. The first-order valence-corrected chi connectivity index (χ1v) is 8.68. The van der Waals surface area contributed by atoms with E-state index in [0.29, 0.717) is 18.0 Å². The summed E-state index contributed by atoms with van der Waals surface area (Å²) < 4.78 is 5.06. The van der Waals surface area contributed by atoms with Crippen molar-refractivity contribution in [2.75, 3.05) is 39.1 Å². The second-order valence-corrected chi connectivity index (χ2v) is 6.17. The maximum atomic E-state index is 12.0. The van der Waals surface area contributed by atoms with Gasteiger partial charge in [-0.1, -0.05) is 6.92 Å². The van der Waals surface area contributed by atoms with Gasteiger partial charge in [0.25, 0.3) is 11.8 Å². The molecule has 8 heteroatoms. The van der Waals surface area contributed by atoms with Gasteiger partial charge < -0.3 is 25.6 Å². The molecule has 0 aliphatic carbocycles. The summed E-state index contributed by atoms with van der Waals surface area (Å²) in [6.07, 6.45) is 0.836. The summed E-state index contributed by atoms with van der Waals surface area (Å²) in [6.45, 7) is 4.40. The maximum Gasteiger partial charge on any atom is 0.279 e. The molecule has 26 heavy (non-hydrogen) atoms. The molecular weight excluding hydrogens is 336 g/mol. The van der Waals surface area contributed by atoms with E-state index >= 15 is 0 Å². The van der Waals surface area contributed by atoms with E-state index < -0.39 is 6.04 Å². The molecule has 0 aliphatic heterocycles. The summed E-state index contributed by atoms with van der Waals surface area (Å²) in [6, 6.07) is 6.40. The fraction of sp³-hybridized carbons (Fsp3) is 0.500. The van der Waals surface area contributed by atoms with Crippen LogP contribution in [0.25, 0.3) is 0 Å². The van der Waals surface area contributed by atoms with Crippen LogP contribution >= 0.6 is 0 Å². The fourth-order valence-electron chi connectivity index (χ4n) is 2.25. The molecule has 1 aromatic carbocycles. The molecule has 3 amide bonds. The molecule has 0 bridgehead atoms. The molecule has 1 rings (SSSR count). The van der Waals surface area contributed by atoms with E-state index in [-0.39, 0.29) is 30.8 Å². The average molecular weight is 365 g/mol. The quantitative estimate of drug-likeness (QED) is 0.435. The summed E-state index contributed by atoms with van der Waals surface area (Å²) in [5.74, 6) is 0.0164. The van der Waals surface area contributed by atoms with Crippen molar-refractivity contribution < 1.29 is 24.0 Å². The van der Waals surface area contributed by atoms with Gasteiger partial charge in [0.2, 0.25) is 5.91 Å². The van der Waals surface area contributed by atoms with Crippen LogP contribution in [0.2, 0.25) is 0 Å². The summed E-state index contributed by atoms with van der Waals surface area (Å²) in [4.78, 5) is 36.5. The monoisotopic (exact) mass is 365 g/mol.